The SMILES string of the molecule is CCOc1ccccc1N(CC(=O)N(Cc1ccc(Cl)cc1Cl)[C@@H](C)C(=O)NC1CCCCC1)S(=O)(=O)c1ccc(Cl)cc1. The number of halogens is 3. The molecule has 8 nitrogen and oxygen atoms in total. The molecule has 1 aliphatic rings. The van der Waals surface area contributed by atoms with Crippen molar-refractivity contribution in [2.75, 3.05) is 17.5 Å². The molecule has 3 aromatic carbocycles. The smallest absolute Gasteiger partial charge is 0.264 e. The minimum absolute atomic E-state index is 0.0228. The van der Waals surface area contributed by atoms with Gasteiger partial charge in [-0.1, -0.05) is 72.3 Å². The summed E-state index contributed by atoms with van der Waals surface area (Å²) in [5.74, 6) is -0.640. The summed E-state index contributed by atoms with van der Waals surface area (Å²) in [6.45, 7) is 3.03. The van der Waals surface area contributed by atoms with E-state index in [0.29, 0.717) is 20.6 Å². The number of rotatable bonds is 12. The molecule has 1 aliphatic carbocycles. The molecule has 1 atom stereocenters. The molecule has 4 rings (SSSR count). The van der Waals surface area contributed by atoms with Gasteiger partial charge in [-0.2, -0.15) is 0 Å². The topological polar surface area (TPSA) is 96.0 Å². The van der Waals surface area contributed by atoms with Crippen molar-refractivity contribution in [1.82, 2.24) is 10.2 Å². The van der Waals surface area contributed by atoms with Gasteiger partial charge in [0.2, 0.25) is 11.8 Å². The lowest BCUT2D eigenvalue weighted by atomic mass is 9.95. The molecule has 44 heavy (non-hydrogen) atoms. The molecular formula is C32H36Cl3N3O5S. The highest BCUT2D eigenvalue weighted by atomic mass is 35.5. The zero-order chi connectivity index (χ0) is 31.9. The van der Waals surface area contributed by atoms with Gasteiger partial charge in [0.05, 0.1) is 17.2 Å². The zero-order valence-electron chi connectivity index (χ0n) is 24.6. The Labute approximate surface area is 274 Å². The van der Waals surface area contributed by atoms with Gasteiger partial charge in [-0.3, -0.25) is 13.9 Å². The van der Waals surface area contributed by atoms with Gasteiger partial charge in [-0.25, -0.2) is 8.42 Å². The van der Waals surface area contributed by atoms with E-state index in [-0.39, 0.29) is 41.4 Å². The number of hydrogen-bond donors (Lipinski definition) is 1. The molecule has 1 fully saturated rings. The molecule has 0 heterocycles. The predicted molar refractivity (Wildman–Crippen MR) is 175 cm³/mol. The third kappa shape index (κ3) is 8.38. The Balaban J connectivity index is 1.73. The number of carbonyl (C=O) groups excluding carboxylic acids is 2. The fourth-order valence-corrected chi connectivity index (χ4v) is 7.19. The summed E-state index contributed by atoms with van der Waals surface area (Å²) in [6.07, 6.45) is 4.93. The van der Waals surface area contributed by atoms with Crippen LogP contribution in [0.15, 0.2) is 71.6 Å². The highest BCUT2D eigenvalue weighted by Gasteiger charge is 2.34. The number of ether oxygens (including phenoxy) is 1. The first-order valence-electron chi connectivity index (χ1n) is 14.5. The summed E-state index contributed by atoms with van der Waals surface area (Å²) in [5, 5.41) is 4.20. The van der Waals surface area contributed by atoms with Crippen LogP contribution >= 0.6 is 34.8 Å². The molecule has 0 radical (unpaired) electrons. The Kier molecular flexibility index (Phi) is 11.8. The second-order valence-electron chi connectivity index (χ2n) is 10.6. The number of nitrogens with zero attached hydrogens (tertiary/aromatic N) is 2. The quantitative estimate of drug-likeness (QED) is 0.220. The van der Waals surface area contributed by atoms with E-state index in [9.17, 15) is 18.0 Å². The average molecular weight is 681 g/mol. The Morgan fingerprint density at radius 3 is 2.27 bits per heavy atom. The number of nitrogens with one attached hydrogen (secondary N) is 1. The van der Waals surface area contributed by atoms with Crippen molar-refractivity contribution in [2.45, 2.75) is 69.5 Å². The third-order valence-electron chi connectivity index (χ3n) is 7.59. The van der Waals surface area contributed by atoms with E-state index < -0.39 is 28.5 Å². The highest BCUT2D eigenvalue weighted by Crippen LogP contribution is 2.33. The molecule has 12 heteroatoms. The van der Waals surface area contributed by atoms with Gasteiger partial charge in [-0.15, -0.1) is 0 Å². The Morgan fingerprint density at radius 2 is 1.61 bits per heavy atom. The molecule has 236 valence electrons. The Morgan fingerprint density at radius 1 is 0.955 bits per heavy atom. The van der Waals surface area contributed by atoms with Gasteiger partial charge in [0, 0.05) is 27.7 Å². The first-order valence-corrected chi connectivity index (χ1v) is 17.1. The van der Waals surface area contributed by atoms with E-state index in [4.69, 9.17) is 39.5 Å². The summed E-state index contributed by atoms with van der Waals surface area (Å²) in [7, 11) is -4.29. The minimum Gasteiger partial charge on any atom is -0.492 e. The van der Waals surface area contributed by atoms with Crippen LogP contribution in [0.2, 0.25) is 15.1 Å². The van der Waals surface area contributed by atoms with Crippen LogP contribution in [0.3, 0.4) is 0 Å². The number of benzene rings is 3. The van der Waals surface area contributed by atoms with Crippen molar-refractivity contribution in [3.63, 3.8) is 0 Å². The zero-order valence-corrected chi connectivity index (χ0v) is 27.7. The molecule has 0 aromatic heterocycles. The number of hydrogen-bond acceptors (Lipinski definition) is 5. The van der Waals surface area contributed by atoms with Gasteiger partial charge >= 0.3 is 0 Å². The highest BCUT2D eigenvalue weighted by molar-refractivity contribution is 7.92. The molecule has 3 aromatic rings. The maximum atomic E-state index is 14.3. The average Bonchev–Trinajstić information content (AvgIpc) is 3.00. The van der Waals surface area contributed by atoms with Crippen LogP contribution < -0.4 is 14.4 Å². The second kappa shape index (κ2) is 15.3. The van der Waals surface area contributed by atoms with Gasteiger partial charge < -0.3 is 15.0 Å². The first kappa shape index (κ1) is 33.9. The molecule has 0 unspecified atom stereocenters. The summed E-state index contributed by atoms with van der Waals surface area (Å²) < 4.78 is 35.0. The van der Waals surface area contributed by atoms with Crippen LogP contribution in [0.4, 0.5) is 5.69 Å². The molecule has 0 saturated heterocycles. The van der Waals surface area contributed by atoms with Crippen LogP contribution in [-0.2, 0) is 26.2 Å². The molecule has 1 saturated carbocycles. The van der Waals surface area contributed by atoms with E-state index in [0.717, 1.165) is 36.4 Å². The van der Waals surface area contributed by atoms with Crippen LogP contribution in [-0.4, -0.2) is 50.4 Å². The van der Waals surface area contributed by atoms with Crippen molar-refractivity contribution < 1.29 is 22.7 Å². The van der Waals surface area contributed by atoms with Crippen molar-refractivity contribution >= 4 is 62.3 Å². The monoisotopic (exact) mass is 679 g/mol. The minimum atomic E-state index is -4.29. The van der Waals surface area contributed by atoms with Gasteiger partial charge in [0.25, 0.3) is 10.0 Å². The predicted octanol–water partition coefficient (Wildman–Crippen LogP) is 7.11. The number of sulfonamides is 1. The van der Waals surface area contributed by atoms with Gasteiger partial charge in [0.1, 0.15) is 18.3 Å². The number of carbonyl (C=O) groups is 2. The van der Waals surface area contributed by atoms with Crippen molar-refractivity contribution in [3.8, 4) is 5.75 Å². The third-order valence-corrected chi connectivity index (χ3v) is 10.2. The van der Waals surface area contributed by atoms with E-state index in [2.05, 4.69) is 5.32 Å². The van der Waals surface area contributed by atoms with Crippen LogP contribution in [0.5, 0.6) is 5.75 Å². The standard InChI is InChI=1S/C32H36Cl3N3O5S/c1-3-43-30-12-8-7-11-29(30)38(44(41,42)27-17-15-24(33)16-18-27)21-31(39)37(20-23-13-14-25(34)19-28(23)35)22(2)32(40)36-26-9-5-4-6-10-26/h7-8,11-19,22,26H,3-6,9-10,20-21H2,1-2H3,(H,36,40)/t22-/m0/s1. The fraction of sp³-hybridized carbons (Fsp3) is 0.375. The summed E-state index contributed by atoms with van der Waals surface area (Å²) >= 11 is 18.6. The molecule has 0 aliphatic heterocycles. The van der Waals surface area contributed by atoms with Crippen LogP contribution in [0.1, 0.15) is 51.5 Å². The largest absolute Gasteiger partial charge is 0.492 e. The molecule has 2 amide bonds. The van der Waals surface area contributed by atoms with Gasteiger partial charge in [-0.05, 0) is 80.8 Å². The van der Waals surface area contributed by atoms with Crippen molar-refractivity contribution in [2.24, 2.45) is 0 Å². The maximum Gasteiger partial charge on any atom is 0.264 e. The van der Waals surface area contributed by atoms with E-state index in [1.54, 1.807) is 56.3 Å². The summed E-state index contributed by atoms with van der Waals surface area (Å²) in [4.78, 5) is 29.1. The Bertz CT molecular complexity index is 1560. The van der Waals surface area contributed by atoms with E-state index in [1.165, 1.54) is 29.2 Å². The lowest BCUT2D eigenvalue weighted by Gasteiger charge is -2.33. The Hall–Kier alpha value is -2.98. The molecule has 0 spiro atoms. The number of amides is 2. The fourth-order valence-electron chi connectivity index (χ4n) is 5.17. The summed E-state index contributed by atoms with van der Waals surface area (Å²) in [6, 6.07) is 16.3. The van der Waals surface area contributed by atoms with Gasteiger partial charge in [0.15, 0.2) is 0 Å². The number of para-hydroxylation sites is 2. The molecular weight excluding hydrogens is 645 g/mol. The molecule has 1 N–H and O–H groups in total. The normalized spacial score (nSPS) is 14.5. The first-order chi connectivity index (χ1) is 21.0. The lowest BCUT2D eigenvalue weighted by molar-refractivity contribution is -0.139. The van der Waals surface area contributed by atoms with Crippen LogP contribution in [0, 0.1) is 0 Å². The maximum absolute atomic E-state index is 14.3. The summed E-state index contributed by atoms with van der Waals surface area (Å²) in [5.41, 5.74) is 0.741. The van der Waals surface area contributed by atoms with Crippen molar-refractivity contribution in [1.29, 1.82) is 0 Å². The van der Waals surface area contributed by atoms with Crippen molar-refractivity contribution in [3.05, 3.63) is 87.4 Å². The van der Waals surface area contributed by atoms with E-state index in [1.807, 2.05) is 0 Å². The van der Waals surface area contributed by atoms with E-state index >= 15 is 0 Å². The van der Waals surface area contributed by atoms with Crippen LogP contribution in [0.25, 0.3) is 0 Å². The number of anilines is 1. The lowest BCUT2D eigenvalue weighted by Crippen LogP contribution is -2.53. The molecule has 0 bridgehead atoms. The second-order valence-corrected chi connectivity index (χ2v) is 13.8.